The maximum atomic E-state index is 2.29. The van der Waals surface area contributed by atoms with Crippen molar-refractivity contribution in [1.82, 2.24) is 4.57 Å². The van der Waals surface area contributed by atoms with Gasteiger partial charge in [0.1, 0.15) is 0 Å². The Morgan fingerprint density at radius 2 is 2.00 bits per heavy atom. The third kappa shape index (κ3) is 1.34. The summed E-state index contributed by atoms with van der Waals surface area (Å²) in [6.07, 6.45) is 0. The molecule has 0 aromatic carbocycles. The summed E-state index contributed by atoms with van der Waals surface area (Å²) in [6.45, 7) is 2.14. The quantitative estimate of drug-likeness (QED) is 0.591. The summed E-state index contributed by atoms with van der Waals surface area (Å²) < 4.78 is 5.04. The molecule has 0 unspecified atom stereocenters. The van der Waals surface area contributed by atoms with E-state index in [0.717, 1.165) is 0 Å². The van der Waals surface area contributed by atoms with Gasteiger partial charge in [0.15, 0.2) is 0 Å². The molecule has 0 aliphatic rings. The molecule has 15 heavy (non-hydrogen) atoms. The Kier molecular flexibility index (Phi) is 1.97. The van der Waals surface area contributed by atoms with Crippen LogP contribution in [0.1, 0.15) is 5.69 Å². The maximum absolute atomic E-state index is 2.29. The zero-order valence-corrected chi connectivity index (χ0v) is 10.3. The molecule has 0 saturated carbocycles. The van der Waals surface area contributed by atoms with Crippen molar-refractivity contribution in [3.63, 3.8) is 0 Å². The number of fused-ring (bicyclic) bond motifs is 1. The molecule has 0 saturated heterocycles. The van der Waals surface area contributed by atoms with Crippen molar-refractivity contribution in [2.75, 3.05) is 0 Å². The number of hydrogen-bond donors (Lipinski definition) is 0. The lowest BCUT2D eigenvalue weighted by Gasteiger charge is -2.01. The highest BCUT2D eigenvalue weighted by Crippen LogP contribution is 2.36. The van der Waals surface area contributed by atoms with E-state index in [0.29, 0.717) is 0 Å². The molecule has 3 heteroatoms. The molecule has 0 N–H and O–H groups in total. The SMILES string of the molecule is Cc1ccc(-c2cc3sccc3s2)n1C. The smallest absolute Gasteiger partial charge is 0.0581 e. The maximum Gasteiger partial charge on any atom is 0.0581 e. The molecule has 1 nitrogen and oxygen atoms in total. The third-order valence-corrected chi connectivity index (χ3v) is 4.88. The fourth-order valence-electron chi connectivity index (χ4n) is 1.75. The van der Waals surface area contributed by atoms with Crippen LogP contribution in [0.5, 0.6) is 0 Å². The van der Waals surface area contributed by atoms with E-state index in [1.165, 1.54) is 25.7 Å². The Bertz CT molecular complexity index is 584. The van der Waals surface area contributed by atoms with Crippen molar-refractivity contribution in [3.8, 4) is 10.6 Å². The van der Waals surface area contributed by atoms with Crippen LogP contribution in [0.3, 0.4) is 0 Å². The highest BCUT2D eigenvalue weighted by atomic mass is 32.1. The molecule has 3 heterocycles. The summed E-state index contributed by atoms with van der Waals surface area (Å²) in [6, 6.07) is 8.86. The van der Waals surface area contributed by atoms with E-state index in [9.17, 15) is 0 Å². The molecule has 0 bridgehead atoms. The van der Waals surface area contributed by atoms with Crippen LogP contribution in [0.2, 0.25) is 0 Å². The average molecular weight is 233 g/mol. The van der Waals surface area contributed by atoms with E-state index in [1.807, 2.05) is 22.7 Å². The standard InChI is InChI=1S/C12H11NS2/c1-8-3-4-9(13(8)2)11-7-12-10(15-11)5-6-14-12/h3-7H,1-2H3. The molecule has 0 fully saturated rings. The van der Waals surface area contributed by atoms with Crippen molar-refractivity contribution in [2.24, 2.45) is 7.05 Å². The summed E-state index contributed by atoms with van der Waals surface area (Å²) in [5, 5.41) is 2.15. The molecule has 0 atom stereocenters. The van der Waals surface area contributed by atoms with E-state index in [1.54, 1.807) is 0 Å². The number of aromatic nitrogens is 1. The summed E-state index contributed by atoms with van der Waals surface area (Å²) >= 11 is 3.69. The largest absolute Gasteiger partial charge is 0.347 e. The van der Waals surface area contributed by atoms with Crippen LogP contribution in [0.4, 0.5) is 0 Å². The van der Waals surface area contributed by atoms with E-state index in [-0.39, 0.29) is 0 Å². The molecule has 3 rings (SSSR count). The van der Waals surface area contributed by atoms with Gasteiger partial charge in [-0.25, -0.2) is 0 Å². The topological polar surface area (TPSA) is 4.93 Å². The molecule has 0 amide bonds. The lowest BCUT2D eigenvalue weighted by molar-refractivity contribution is 0.893. The van der Waals surface area contributed by atoms with Gasteiger partial charge >= 0.3 is 0 Å². The lowest BCUT2D eigenvalue weighted by atomic mass is 10.3. The Morgan fingerprint density at radius 3 is 2.67 bits per heavy atom. The van der Waals surface area contributed by atoms with Crippen molar-refractivity contribution in [1.29, 1.82) is 0 Å². The zero-order chi connectivity index (χ0) is 10.4. The molecule has 3 aromatic heterocycles. The van der Waals surface area contributed by atoms with Gasteiger partial charge in [-0.1, -0.05) is 0 Å². The van der Waals surface area contributed by atoms with Gasteiger partial charge in [0.2, 0.25) is 0 Å². The highest BCUT2D eigenvalue weighted by molar-refractivity contribution is 7.28. The molecular weight excluding hydrogens is 222 g/mol. The normalized spacial score (nSPS) is 11.3. The molecule has 76 valence electrons. The minimum Gasteiger partial charge on any atom is -0.347 e. The van der Waals surface area contributed by atoms with Crippen molar-refractivity contribution < 1.29 is 0 Å². The summed E-state index contributed by atoms with van der Waals surface area (Å²) in [5.41, 5.74) is 2.63. The van der Waals surface area contributed by atoms with Crippen LogP contribution < -0.4 is 0 Å². The number of rotatable bonds is 1. The monoisotopic (exact) mass is 233 g/mol. The Balaban J connectivity index is 2.21. The number of thiophene rings is 2. The van der Waals surface area contributed by atoms with Gasteiger partial charge in [0.05, 0.1) is 10.6 Å². The number of nitrogens with zero attached hydrogens (tertiary/aromatic N) is 1. The minimum absolute atomic E-state index is 1.31. The third-order valence-electron chi connectivity index (χ3n) is 2.76. The fraction of sp³-hybridized carbons (Fsp3) is 0.167. The van der Waals surface area contributed by atoms with E-state index in [2.05, 4.69) is 48.2 Å². The van der Waals surface area contributed by atoms with E-state index < -0.39 is 0 Å². The van der Waals surface area contributed by atoms with Crippen LogP contribution in [0.25, 0.3) is 20.0 Å². The van der Waals surface area contributed by atoms with Gasteiger partial charge < -0.3 is 4.57 Å². The molecule has 0 aliphatic carbocycles. The lowest BCUT2D eigenvalue weighted by Crippen LogP contribution is -1.91. The molecular formula is C12H11NS2. The number of hydrogen-bond acceptors (Lipinski definition) is 2. The van der Waals surface area contributed by atoms with Gasteiger partial charge in [0, 0.05) is 22.1 Å². The Morgan fingerprint density at radius 1 is 1.13 bits per heavy atom. The van der Waals surface area contributed by atoms with Crippen LogP contribution >= 0.6 is 22.7 Å². The fourth-order valence-corrected chi connectivity index (χ4v) is 3.92. The van der Waals surface area contributed by atoms with Gasteiger partial charge in [-0.05, 0) is 36.6 Å². The number of aryl methyl sites for hydroxylation is 1. The van der Waals surface area contributed by atoms with Gasteiger partial charge in [-0.2, -0.15) is 0 Å². The van der Waals surface area contributed by atoms with Crippen molar-refractivity contribution in [2.45, 2.75) is 6.92 Å². The first kappa shape index (κ1) is 9.19. The van der Waals surface area contributed by atoms with Crippen LogP contribution in [0, 0.1) is 6.92 Å². The van der Waals surface area contributed by atoms with Gasteiger partial charge in [-0.15, -0.1) is 22.7 Å². The first-order valence-corrected chi connectivity index (χ1v) is 6.55. The first-order valence-electron chi connectivity index (χ1n) is 4.85. The van der Waals surface area contributed by atoms with E-state index in [4.69, 9.17) is 0 Å². The second-order valence-electron chi connectivity index (χ2n) is 3.68. The van der Waals surface area contributed by atoms with Crippen molar-refractivity contribution >= 4 is 32.1 Å². The first-order chi connectivity index (χ1) is 7.25. The Labute approximate surface area is 96.6 Å². The predicted molar refractivity (Wildman–Crippen MR) is 68.8 cm³/mol. The van der Waals surface area contributed by atoms with Crippen LogP contribution in [0.15, 0.2) is 29.6 Å². The second-order valence-corrected chi connectivity index (χ2v) is 5.71. The molecule has 0 spiro atoms. The Hall–Kier alpha value is -1.06. The molecule has 0 aliphatic heterocycles. The van der Waals surface area contributed by atoms with Gasteiger partial charge in [0.25, 0.3) is 0 Å². The minimum atomic E-state index is 1.31. The predicted octanol–water partition coefficient (Wildman–Crippen LogP) is 4.28. The molecule has 3 aromatic rings. The second kappa shape index (κ2) is 3.22. The highest BCUT2D eigenvalue weighted by Gasteiger charge is 2.08. The van der Waals surface area contributed by atoms with E-state index >= 15 is 0 Å². The summed E-state index contributed by atoms with van der Waals surface area (Å²) in [7, 11) is 2.12. The van der Waals surface area contributed by atoms with Crippen LogP contribution in [-0.4, -0.2) is 4.57 Å². The summed E-state index contributed by atoms with van der Waals surface area (Å²) in [4.78, 5) is 1.37. The molecule has 0 radical (unpaired) electrons. The summed E-state index contributed by atoms with van der Waals surface area (Å²) in [5.74, 6) is 0. The average Bonchev–Trinajstić information content (AvgIpc) is 2.82. The zero-order valence-electron chi connectivity index (χ0n) is 8.65. The van der Waals surface area contributed by atoms with Gasteiger partial charge in [-0.3, -0.25) is 0 Å². The van der Waals surface area contributed by atoms with Crippen molar-refractivity contribution in [3.05, 3.63) is 35.3 Å². The van der Waals surface area contributed by atoms with Crippen LogP contribution in [-0.2, 0) is 7.05 Å².